The molecule has 1 heterocycles. The molecule has 0 aliphatic carbocycles. The molecule has 1 fully saturated rings. The van der Waals surface area contributed by atoms with Crippen molar-refractivity contribution >= 4 is 28.6 Å². The Hall–Kier alpha value is -3.67. The van der Waals surface area contributed by atoms with Gasteiger partial charge in [0.15, 0.2) is 0 Å². The molecular formula is C22H19N3O3. The van der Waals surface area contributed by atoms with E-state index < -0.39 is 23.4 Å². The summed E-state index contributed by atoms with van der Waals surface area (Å²) in [6.45, 7) is 1.82. The van der Waals surface area contributed by atoms with E-state index in [9.17, 15) is 14.4 Å². The summed E-state index contributed by atoms with van der Waals surface area (Å²) >= 11 is 0. The number of imide groups is 1. The summed E-state index contributed by atoms with van der Waals surface area (Å²) in [6.07, 6.45) is 0.365. The van der Waals surface area contributed by atoms with Gasteiger partial charge in [0.1, 0.15) is 5.54 Å². The molecule has 1 aliphatic heterocycles. The minimum absolute atomic E-state index is 0.365. The largest absolute Gasteiger partial charge is 0.344 e. The summed E-state index contributed by atoms with van der Waals surface area (Å²) < 4.78 is 0. The van der Waals surface area contributed by atoms with Crippen molar-refractivity contribution in [2.45, 2.75) is 18.9 Å². The zero-order chi connectivity index (χ0) is 19.7. The van der Waals surface area contributed by atoms with Gasteiger partial charge in [0.05, 0.1) is 0 Å². The fourth-order valence-electron chi connectivity index (χ4n) is 3.54. The number of fused-ring (bicyclic) bond motifs is 1. The fraction of sp³-hybridized carbons (Fsp3) is 0.136. The maximum absolute atomic E-state index is 13.1. The van der Waals surface area contributed by atoms with Gasteiger partial charge in [-0.2, -0.15) is 5.01 Å². The van der Waals surface area contributed by atoms with Gasteiger partial charge in [0.2, 0.25) is 0 Å². The number of nitrogens with one attached hydrogen (secondary N) is 2. The summed E-state index contributed by atoms with van der Waals surface area (Å²) in [4.78, 5) is 38.3. The van der Waals surface area contributed by atoms with Crippen LogP contribution in [-0.2, 0) is 10.3 Å². The molecular weight excluding hydrogens is 354 g/mol. The molecule has 2 N–H and O–H groups in total. The third kappa shape index (κ3) is 2.79. The van der Waals surface area contributed by atoms with Gasteiger partial charge < -0.3 is 5.32 Å². The van der Waals surface area contributed by atoms with Gasteiger partial charge in [-0.05, 0) is 34.9 Å². The second-order valence-electron chi connectivity index (χ2n) is 6.70. The molecule has 3 aromatic rings. The molecule has 28 heavy (non-hydrogen) atoms. The zero-order valence-electron chi connectivity index (χ0n) is 15.3. The maximum atomic E-state index is 13.1. The molecule has 0 aromatic heterocycles. The number of rotatable bonds is 4. The Bertz CT molecular complexity index is 1080. The SMILES string of the molecule is CC[C@]1(c2ccccc2)NC(=O)N(NC(=O)c2ccc3ccccc3c2)C1=O. The highest BCUT2D eigenvalue weighted by molar-refractivity contribution is 6.10. The lowest BCUT2D eigenvalue weighted by Crippen LogP contribution is -2.48. The standard InChI is InChI=1S/C22H19N3O3/c1-2-22(18-10-4-3-5-11-18)20(27)25(21(28)23-22)24-19(26)17-13-12-15-8-6-7-9-16(15)14-17/h3-14H,2H2,1H3,(H,23,28)(H,24,26)/t22-/m1/s1. The van der Waals surface area contributed by atoms with Crippen LogP contribution in [0.2, 0.25) is 0 Å². The van der Waals surface area contributed by atoms with E-state index in [2.05, 4.69) is 10.7 Å². The normalized spacial score (nSPS) is 19.0. The van der Waals surface area contributed by atoms with Crippen LogP contribution >= 0.6 is 0 Å². The van der Waals surface area contributed by atoms with Gasteiger partial charge in [-0.1, -0.05) is 67.6 Å². The Morgan fingerprint density at radius 2 is 1.64 bits per heavy atom. The first-order chi connectivity index (χ1) is 13.5. The van der Waals surface area contributed by atoms with Crippen molar-refractivity contribution < 1.29 is 14.4 Å². The van der Waals surface area contributed by atoms with Crippen molar-refractivity contribution in [1.82, 2.24) is 15.8 Å². The number of hydrogen-bond donors (Lipinski definition) is 2. The monoisotopic (exact) mass is 373 g/mol. The molecule has 3 aromatic carbocycles. The topological polar surface area (TPSA) is 78.5 Å². The highest BCUT2D eigenvalue weighted by Gasteiger charge is 2.52. The third-order valence-corrected chi connectivity index (χ3v) is 5.11. The number of carbonyl (C=O) groups excluding carboxylic acids is 3. The van der Waals surface area contributed by atoms with E-state index in [-0.39, 0.29) is 0 Å². The highest BCUT2D eigenvalue weighted by atomic mass is 16.2. The van der Waals surface area contributed by atoms with Crippen LogP contribution in [0.5, 0.6) is 0 Å². The van der Waals surface area contributed by atoms with Crippen LogP contribution in [0.25, 0.3) is 10.8 Å². The average molecular weight is 373 g/mol. The molecule has 0 bridgehead atoms. The van der Waals surface area contributed by atoms with E-state index in [0.29, 0.717) is 17.5 Å². The average Bonchev–Trinajstić information content (AvgIpc) is 2.99. The first kappa shape index (κ1) is 17.7. The minimum atomic E-state index is -1.19. The lowest BCUT2D eigenvalue weighted by Gasteiger charge is -2.25. The van der Waals surface area contributed by atoms with Gasteiger partial charge in [-0.15, -0.1) is 0 Å². The molecule has 1 aliphatic rings. The Morgan fingerprint density at radius 1 is 0.964 bits per heavy atom. The Labute approximate surface area is 162 Å². The number of hydrazine groups is 1. The predicted octanol–water partition coefficient (Wildman–Crippen LogP) is 3.34. The zero-order valence-corrected chi connectivity index (χ0v) is 15.3. The second kappa shape index (κ2) is 6.81. The van der Waals surface area contributed by atoms with Crippen LogP contribution < -0.4 is 10.7 Å². The van der Waals surface area contributed by atoms with Crippen LogP contribution in [-0.4, -0.2) is 22.9 Å². The van der Waals surface area contributed by atoms with E-state index >= 15 is 0 Å². The first-order valence-corrected chi connectivity index (χ1v) is 9.07. The lowest BCUT2D eigenvalue weighted by atomic mass is 9.87. The number of nitrogens with zero attached hydrogens (tertiary/aromatic N) is 1. The molecule has 4 rings (SSSR count). The maximum Gasteiger partial charge on any atom is 0.344 e. The molecule has 140 valence electrons. The van der Waals surface area contributed by atoms with Gasteiger partial charge in [0.25, 0.3) is 11.8 Å². The van der Waals surface area contributed by atoms with Crippen molar-refractivity contribution in [1.29, 1.82) is 0 Å². The van der Waals surface area contributed by atoms with E-state index in [4.69, 9.17) is 0 Å². The summed E-state index contributed by atoms with van der Waals surface area (Å²) in [5.74, 6) is -1.02. The predicted molar refractivity (Wildman–Crippen MR) is 105 cm³/mol. The summed E-state index contributed by atoms with van der Waals surface area (Å²) in [5.41, 5.74) is 2.31. The van der Waals surface area contributed by atoms with Crippen molar-refractivity contribution in [3.8, 4) is 0 Å². The molecule has 1 saturated heterocycles. The molecule has 1 atom stereocenters. The van der Waals surface area contributed by atoms with Crippen LogP contribution in [0.3, 0.4) is 0 Å². The fourth-order valence-corrected chi connectivity index (χ4v) is 3.54. The molecule has 0 spiro atoms. The van der Waals surface area contributed by atoms with Gasteiger partial charge >= 0.3 is 6.03 Å². The second-order valence-corrected chi connectivity index (χ2v) is 6.70. The molecule has 0 unspecified atom stereocenters. The van der Waals surface area contributed by atoms with Crippen molar-refractivity contribution in [2.75, 3.05) is 0 Å². The van der Waals surface area contributed by atoms with Crippen LogP contribution in [0, 0.1) is 0 Å². The number of amides is 4. The Kier molecular flexibility index (Phi) is 4.31. The van der Waals surface area contributed by atoms with Crippen molar-refractivity contribution in [2.24, 2.45) is 0 Å². The molecule has 6 heteroatoms. The minimum Gasteiger partial charge on any atom is -0.318 e. The third-order valence-electron chi connectivity index (χ3n) is 5.11. The Balaban J connectivity index is 1.61. The summed E-state index contributed by atoms with van der Waals surface area (Å²) in [6, 6.07) is 21.3. The number of benzene rings is 3. The summed E-state index contributed by atoms with van der Waals surface area (Å²) in [5, 5.41) is 5.42. The quantitative estimate of drug-likeness (QED) is 0.689. The van der Waals surface area contributed by atoms with Crippen molar-refractivity contribution in [3.63, 3.8) is 0 Å². The molecule has 6 nitrogen and oxygen atoms in total. The first-order valence-electron chi connectivity index (χ1n) is 9.07. The van der Waals surface area contributed by atoms with Crippen LogP contribution in [0.1, 0.15) is 29.3 Å². The Morgan fingerprint density at radius 3 is 2.36 bits per heavy atom. The number of urea groups is 1. The van der Waals surface area contributed by atoms with Crippen LogP contribution in [0.4, 0.5) is 4.79 Å². The van der Waals surface area contributed by atoms with E-state index in [1.165, 1.54) is 0 Å². The molecule has 4 amide bonds. The van der Waals surface area contributed by atoms with E-state index in [0.717, 1.165) is 15.8 Å². The lowest BCUT2D eigenvalue weighted by molar-refractivity contribution is -0.133. The van der Waals surface area contributed by atoms with Gasteiger partial charge in [0, 0.05) is 5.56 Å². The number of carbonyl (C=O) groups is 3. The van der Waals surface area contributed by atoms with E-state index in [1.807, 2.05) is 55.5 Å². The molecule has 0 radical (unpaired) electrons. The van der Waals surface area contributed by atoms with Gasteiger partial charge in [-0.3, -0.25) is 15.0 Å². The smallest absolute Gasteiger partial charge is 0.318 e. The highest BCUT2D eigenvalue weighted by Crippen LogP contribution is 2.31. The molecule has 0 saturated carbocycles. The van der Waals surface area contributed by atoms with E-state index in [1.54, 1.807) is 24.3 Å². The van der Waals surface area contributed by atoms with Gasteiger partial charge in [-0.25, -0.2) is 4.79 Å². The number of hydrogen-bond acceptors (Lipinski definition) is 3. The van der Waals surface area contributed by atoms with Crippen LogP contribution in [0.15, 0.2) is 72.8 Å². The van der Waals surface area contributed by atoms with Crippen molar-refractivity contribution in [3.05, 3.63) is 83.9 Å². The summed E-state index contributed by atoms with van der Waals surface area (Å²) in [7, 11) is 0.